The Balaban J connectivity index is 1.62. The van der Waals surface area contributed by atoms with Gasteiger partial charge in [-0.2, -0.15) is 0 Å². The van der Waals surface area contributed by atoms with Gasteiger partial charge in [-0.05, 0) is 51.1 Å². The summed E-state index contributed by atoms with van der Waals surface area (Å²) in [7, 11) is 0. The lowest BCUT2D eigenvalue weighted by molar-refractivity contribution is 0.132. The third kappa shape index (κ3) is 3.47. The zero-order valence-electron chi connectivity index (χ0n) is 14.4. The zero-order valence-corrected chi connectivity index (χ0v) is 15.2. The molecule has 2 aliphatic rings. The molecule has 0 radical (unpaired) electrons. The molecule has 1 saturated heterocycles. The van der Waals surface area contributed by atoms with E-state index in [0.29, 0.717) is 18.9 Å². The van der Waals surface area contributed by atoms with Crippen molar-refractivity contribution in [2.24, 2.45) is 0 Å². The molecule has 5 heteroatoms. The molecule has 2 fully saturated rings. The number of thiophene rings is 1. The average Bonchev–Trinajstić information content (AvgIpc) is 3.00. The van der Waals surface area contributed by atoms with Crippen LogP contribution in [-0.2, 0) is 6.54 Å². The molecular weight excluding hydrogens is 321 g/mol. The highest BCUT2D eigenvalue weighted by molar-refractivity contribution is 7.18. The van der Waals surface area contributed by atoms with Crippen LogP contribution in [0.2, 0.25) is 0 Å². The van der Waals surface area contributed by atoms with Crippen molar-refractivity contribution < 1.29 is 4.39 Å². The molecule has 1 atom stereocenters. The van der Waals surface area contributed by atoms with Crippen LogP contribution in [0.1, 0.15) is 67.3 Å². The zero-order chi connectivity index (χ0) is 16.5. The largest absolute Gasteiger partial charge is 0.295 e. The van der Waals surface area contributed by atoms with E-state index in [-0.39, 0.29) is 0 Å². The van der Waals surface area contributed by atoms with Crippen LogP contribution >= 0.6 is 11.3 Å². The smallest absolute Gasteiger partial charge is 0.127 e. The lowest BCUT2D eigenvalue weighted by Crippen LogP contribution is -2.36. The average molecular weight is 348 g/mol. The summed E-state index contributed by atoms with van der Waals surface area (Å²) in [6, 6.07) is 2.33. The minimum atomic E-state index is -0.683. The summed E-state index contributed by atoms with van der Waals surface area (Å²) in [5.74, 6) is 1.54. The molecule has 1 aliphatic carbocycles. The maximum Gasteiger partial charge on any atom is 0.127 e. The summed E-state index contributed by atoms with van der Waals surface area (Å²) in [6.07, 6.45) is 7.67. The number of nitrogens with zero attached hydrogens (tertiary/aromatic N) is 3. The first-order valence-corrected chi connectivity index (χ1v) is 10.1. The summed E-state index contributed by atoms with van der Waals surface area (Å²) in [6.45, 7) is 4.24. The van der Waals surface area contributed by atoms with E-state index in [9.17, 15) is 4.39 Å². The second-order valence-electron chi connectivity index (χ2n) is 7.39. The van der Waals surface area contributed by atoms with Gasteiger partial charge >= 0.3 is 0 Å². The number of fused-ring (bicyclic) bond motifs is 1. The van der Waals surface area contributed by atoms with E-state index in [0.717, 1.165) is 35.9 Å². The van der Waals surface area contributed by atoms with Gasteiger partial charge in [0, 0.05) is 23.4 Å². The van der Waals surface area contributed by atoms with Crippen molar-refractivity contribution in [3.63, 3.8) is 0 Å². The molecule has 4 rings (SSSR count). The Bertz CT molecular complexity index is 708. The normalized spacial score (nSPS) is 23.8. The van der Waals surface area contributed by atoms with Crippen molar-refractivity contribution in [1.82, 2.24) is 14.9 Å². The molecule has 0 bridgehead atoms. The van der Waals surface area contributed by atoms with Gasteiger partial charge in [0.2, 0.25) is 0 Å². The summed E-state index contributed by atoms with van der Waals surface area (Å²) in [5.41, 5.74) is 1.09. The first-order chi connectivity index (χ1) is 11.7. The second-order valence-corrected chi connectivity index (χ2v) is 8.46. The van der Waals surface area contributed by atoms with Gasteiger partial charge in [-0.15, -0.1) is 11.3 Å². The Kier molecular flexibility index (Phi) is 4.81. The highest BCUT2D eigenvalue weighted by Gasteiger charge is 2.23. The molecule has 1 saturated carbocycles. The van der Waals surface area contributed by atoms with Crippen LogP contribution in [0.5, 0.6) is 0 Å². The van der Waals surface area contributed by atoms with Gasteiger partial charge in [0.05, 0.1) is 5.69 Å². The fraction of sp³-hybridized carbons (Fsp3) is 0.684. The van der Waals surface area contributed by atoms with E-state index in [4.69, 9.17) is 4.98 Å². The van der Waals surface area contributed by atoms with Crippen molar-refractivity contribution in [2.45, 2.75) is 70.5 Å². The summed E-state index contributed by atoms with van der Waals surface area (Å²) >= 11 is 1.85. The Labute approximate surface area is 147 Å². The number of aryl methyl sites for hydroxylation is 1. The van der Waals surface area contributed by atoms with E-state index < -0.39 is 6.17 Å². The predicted molar refractivity (Wildman–Crippen MR) is 97.4 cm³/mol. The summed E-state index contributed by atoms with van der Waals surface area (Å²) in [4.78, 5) is 14.2. The van der Waals surface area contributed by atoms with Gasteiger partial charge < -0.3 is 0 Å². The number of piperidine rings is 1. The molecule has 1 unspecified atom stereocenters. The standard InChI is InChI=1S/C19H26FN3S/c1-13-21-17(12-23-9-5-8-15(20)11-23)16-10-18(24-19(16)22-13)14-6-3-2-4-7-14/h10,14-15H,2-9,11-12H2,1H3. The van der Waals surface area contributed by atoms with Crippen molar-refractivity contribution >= 4 is 21.6 Å². The Hall–Kier alpha value is -1.07. The molecule has 130 valence electrons. The Morgan fingerprint density at radius 3 is 2.79 bits per heavy atom. The van der Waals surface area contributed by atoms with Gasteiger partial charge in [0.15, 0.2) is 0 Å². The lowest BCUT2D eigenvalue weighted by atomic mass is 9.88. The molecule has 0 spiro atoms. The second kappa shape index (κ2) is 7.04. The van der Waals surface area contributed by atoms with Crippen LogP contribution in [0.25, 0.3) is 10.2 Å². The minimum absolute atomic E-state index is 0.546. The predicted octanol–water partition coefficient (Wildman–Crippen LogP) is 4.98. The molecule has 2 aromatic heterocycles. The van der Waals surface area contributed by atoms with E-state index in [1.807, 2.05) is 18.3 Å². The number of aromatic nitrogens is 2. The Morgan fingerprint density at radius 2 is 2.00 bits per heavy atom. The number of hydrogen-bond donors (Lipinski definition) is 0. The van der Waals surface area contributed by atoms with E-state index >= 15 is 0 Å². The van der Waals surface area contributed by atoms with Gasteiger partial charge in [-0.3, -0.25) is 4.90 Å². The van der Waals surface area contributed by atoms with Gasteiger partial charge in [0.1, 0.15) is 16.8 Å². The van der Waals surface area contributed by atoms with E-state index in [1.165, 1.54) is 42.4 Å². The van der Waals surface area contributed by atoms with Crippen molar-refractivity contribution in [1.29, 1.82) is 0 Å². The first-order valence-electron chi connectivity index (χ1n) is 9.32. The maximum atomic E-state index is 13.7. The quantitative estimate of drug-likeness (QED) is 0.784. The highest BCUT2D eigenvalue weighted by Crippen LogP contribution is 2.39. The molecule has 3 nitrogen and oxygen atoms in total. The van der Waals surface area contributed by atoms with Gasteiger partial charge in [-0.1, -0.05) is 19.3 Å². The number of alkyl halides is 1. The highest BCUT2D eigenvalue weighted by atomic mass is 32.1. The minimum Gasteiger partial charge on any atom is -0.295 e. The summed E-state index contributed by atoms with van der Waals surface area (Å²) in [5, 5.41) is 1.20. The van der Waals surface area contributed by atoms with Crippen LogP contribution < -0.4 is 0 Å². The number of hydrogen-bond acceptors (Lipinski definition) is 4. The molecule has 2 aromatic rings. The first kappa shape index (κ1) is 16.4. The topological polar surface area (TPSA) is 29.0 Å². The SMILES string of the molecule is Cc1nc(CN2CCCC(F)C2)c2cc(C3CCCCC3)sc2n1. The molecular formula is C19H26FN3S. The number of likely N-dealkylation sites (tertiary alicyclic amines) is 1. The van der Waals surface area contributed by atoms with Crippen LogP contribution in [-0.4, -0.2) is 34.1 Å². The van der Waals surface area contributed by atoms with Gasteiger partial charge in [0.25, 0.3) is 0 Å². The van der Waals surface area contributed by atoms with E-state index in [1.54, 1.807) is 0 Å². The number of halogens is 1. The Morgan fingerprint density at radius 1 is 1.17 bits per heavy atom. The van der Waals surface area contributed by atoms with Gasteiger partial charge in [-0.25, -0.2) is 14.4 Å². The molecule has 0 N–H and O–H groups in total. The van der Waals surface area contributed by atoms with Crippen molar-refractivity contribution in [3.8, 4) is 0 Å². The third-order valence-electron chi connectivity index (χ3n) is 5.43. The maximum absolute atomic E-state index is 13.7. The van der Waals surface area contributed by atoms with Crippen LogP contribution in [0.4, 0.5) is 4.39 Å². The van der Waals surface area contributed by atoms with E-state index in [2.05, 4.69) is 16.0 Å². The molecule has 0 aromatic carbocycles. The third-order valence-corrected chi connectivity index (χ3v) is 6.62. The molecule has 1 aliphatic heterocycles. The molecule has 24 heavy (non-hydrogen) atoms. The lowest BCUT2D eigenvalue weighted by Gasteiger charge is -2.28. The fourth-order valence-electron chi connectivity index (χ4n) is 4.18. The van der Waals surface area contributed by atoms with Crippen molar-refractivity contribution in [2.75, 3.05) is 13.1 Å². The number of rotatable bonds is 3. The molecule has 0 amide bonds. The summed E-state index contributed by atoms with van der Waals surface area (Å²) < 4.78 is 13.7. The van der Waals surface area contributed by atoms with Crippen molar-refractivity contribution in [3.05, 3.63) is 22.5 Å². The molecule has 3 heterocycles. The van der Waals surface area contributed by atoms with Crippen LogP contribution in [0.3, 0.4) is 0 Å². The van der Waals surface area contributed by atoms with Crippen LogP contribution in [0, 0.1) is 6.92 Å². The monoisotopic (exact) mass is 347 g/mol. The van der Waals surface area contributed by atoms with Crippen LogP contribution in [0.15, 0.2) is 6.07 Å². The fourth-order valence-corrected chi connectivity index (χ4v) is 5.45.